The molecule has 0 bridgehead atoms. The second-order valence-corrected chi connectivity index (χ2v) is 5.22. The number of pyridine rings is 1. The standard InChI is InChI=1S/C16H15F3N6/c1-21-10-5-3-4-9(16(17,18)19)12(10)11-7-6-8-13(22-2)24-15(20)25-14(8)23-11/h3-7,21H,1-2H3,(H3,20,22,23,24,25). The van der Waals surface area contributed by atoms with Crippen LogP contribution in [0.25, 0.3) is 22.3 Å². The van der Waals surface area contributed by atoms with Crippen molar-refractivity contribution in [3.05, 3.63) is 35.9 Å². The molecule has 0 fully saturated rings. The maximum Gasteiger partial charge on any atom is 0.417 e. The minimum absolute atomic E-state index is 0.0144. The van der Waals surface area contributed by atoms with Crippen LogP contribution in [0.5, 0.6) is 0 Å². The number of rotatable bonds is 3. The Morgan fingerprint density at radius 1 is 0.960 bits per heavy atom. The lowest BCUT2D eigenvalue weighted by Crippen LogP contribution is -2.10. The predicted octanol–water partition coefficient (Wildman–Crippen LogP) is 3.38. The lowest BCUT2D eigenvalue weighted by atomic mass is 10.0. The van der Waals surface area contributed by atoms with Gasteiger partial charge in [-0.3, -0.25) is 0 Å². The summed E-state index contributed by atoms with van der Waals surface area (Å²) in [4.78, 5) is 12.4. The largest absolute Gasteiger partial charge is 0.417 e. The van der Waals surface area contributed by atoms with Gasteiger partial charge in [0.25, 0.3) is 0 Å². The molecule has 4 N–H and O–H groups in total. The summed E-state index contributed by atoms with van der Waals surface area (Å²) >= 11 is 0. The van der Waals surface area contributed by atoms with E-state index < -0.39 is 11.7 Å². The molecule has 3 aromatic rings. The number of benzene rings is 1. The van der Waals surface area contributed by atoms with Crippen molar-refractivity contribution in [3.63, 3.8) is 0 Å². The summed E-state index contributed by atoms with van der Waals surface area (Å²) in [5.74, 6) is 0.443. The fraction of sp³-hybridized carbons (Fsp3) is 0.188. The summed E-state index contributed by atoms with van der Waals surface area (Å²) in [7, 11) is 3.21. The Hall–Kier alpha value is -3.10. The van der Waals surface area contributed by atoms with E-state index in [0.29, 0.717) is 16.9 Å². The van der Waals surface area contributed by atoms with Crippen LogP contribution < -0.4 is 16.4 Å². The molecule has 2 aromatic heterocycles. The number of nitrogens with zero attached hydrogens (tertiary/aromatic N) is 3. The van der Waals surface area contributed by atoms with E-state index in [2.05, 4.69) is 25.6 Å². The quantitative estimate of drug-likeness (QED) is 0.672. The third-order valence-electron chi connectivity index (χ3n) is 3.71. The average Bonchev–Trinajstić information content (AvgIpc) is 2.58. The SMILES string of the molecule is CNc1cccc(C(F)(F)F)c1-c1ccc2c(NC)nc(N)nc2n1. The smallest absolute Gasteiger partial charge is 0.388 e. The zero-order valence-electron chi connectivity index (χ0n) is 13.4. The predicted molar refractivity (Wildman–Crippen MR) is 91.3 cm³/mol. The molecule has 0 unspecified atom stereocenters. The van der Waals surface area contributed by atoms with Crippen LogP contribution in [0.3, 0.4) is 0 Å². The third kappa shape index (κ3) is 3.00. The van der Waals surface area contributed by atoms with E-state index in [1.54, 1.807) is 26.2 Å². The molecule has 25 heavy (non-hydrogen) atoms. The van der Waals surface area contributed by atoms with Crippen LogP contribution in [0, 0.1) is 0 Å². The highest BCUT2D eigenvalue weighted by Crippen LogP contribution is 2.40. The van der Waals surface area contributed by atoms with Gasteiger partial charge in [0.15, 0.2) is 5.65 Å². The Morgan fingerprint density at radius 3 is 2.36 bits per heavy atom. The summed E-state index contributed by atoms with van der Waals surface area (Å²) in [5, 5.41) is 6.21. The highest BCUT2D eigenvalue weighted by atomic mass is 19.4. The van der Waals surface area contributed by atoms with Gasteiger partial charge in [-0.25, -0.2) is 4.98 Å². The lowest BCUT2D eigenvalue weighted by molar-refractivity contribution is -0.137. The molecule has 6 nitrogen and oxygen atoms in total. The minimum atomic E-state index is -4.51. The number of nitrogens with one attached hydrogen (secondary N) is 2. The molecule has 0 atom stereocenters. The van der Waals surface area contributed by atoms with Crippen molar-refractivity contribution >= 4 is 28.5 Å². The number of nitrogens with two attached hydrogens (primary N) is 1. The van der Waals surface area contributed by atoms with Crippen LogP contribution in [0.2, 0.25) is 0 Å². The van der Waals surface area contributed by atoms with Gasteiger partial charge in [-0.05, 0) is 24.3 Å². The van der Waals surface area contributed by atoms with E-state index in [0.717, 1.165) is 6.07 Å². The van der Waals surface area contributed by atoms with Gasteiger partial charge in [0.05, 0.1) is 16.6 Å². The summed E-state index contributed by atoms with van der Waals surface area (Å²) < 4.78 is 40.3. The summed E-state index contributed by atoms with van der Waals surface area (Å²) in [6.07, 6.45) is -4.51. The van der Waals surface area contributed by atoms with Crippen LogP contribution in [0.1, 0.15) is 5.56 Å². The number of halogens is 3. The molecule has 0 aliphatic rings. The van der Waals surface area contributed by atoms with Crippen LogP contribution in [-0.4, -0.2) is 29.0 Å². The number of hydrogen-bond donors (Lipinski definition) is 3. The monoisotopic (exact) mass is 348 g/mol. The van der Waals surface area contributed by atoms with Gasteiger partial charge < -0.3 is 16.4 Å². The average molecular weight is 348 g/mol. The lowest BCUT2D eigenvalue weighted by Gasteiger charge is -2.17. The molecular weight excluding hydrogens is 333 g/mol. The highest BCUT2D eigenvalue weighted by Gasteiger charge is 2.35. The molecule has 3 rings (SSSR count). The number of alkyl halides is 3. The van der Waals surface area contributed by atoms with Gasteiger partial charge >= 0.3 is 6.18 Å². The molecule has 0 aliphatic carbocycles. The normalized spacial score (nSPS) is 11.6. The first-order chi connectivity index (χ1) is 11.8. The number of hydrogen-bond acceptors (Lipinski definition) is 6. The van der Waals surface area contributed by atoms with E-state index in [9.17, 15) is 13.2 Å². The van der Waals surface area contributed by atoms with E-state index >= 15 is 0 Å². The number of aromatic nitrogens is 3. The van der Waals surface area contributed by atoms with Crippen molar-refractivity contribution < 1.29 is 13.2 Å². The fourth-order valence-corrected chi connectivity index (χ4v) is 2.63. The van der Waals surface area contributed by atoms with Gasteiger partial charge in [0.1, 0.15) is 5.82 Å². The Bertz CT molecular complexity index is 939. The summed E-state index contributed by atoms with van der Waals surface area (Å²) in [6, 6.07) is 7.06. The fourth-order valence-electron chi connectivity index (χ4n) is 2.63. The van der Waals surface area contributed by atoms with Gasteiger partial charge in [0.2, 0.25) is 5.95 Å². The molecule has 9 heteroatoms. The first-order valence-corrected chi connectivity index (χ1v) is 7.35. The second kappa shape index (κ2) is 6.08. The molecule has 0 amide bonds. The van der Waals surface area contributed by atoms with Crippen molar-refractivity contribution in [2.24, 2.45) is 0 Å². The van der Waals surface area contributed by atoms with Crippen molar-refractivity contribution in [2.75, 3.05) is 30.5 Å². The van der Waals surface area contributed by atoms with Crippen LogP contribution in [0.4, 0.5) is 30.6 Å². The van der Waals surface area contributed by atoms with E-state index in [4.69, 9.17) is 5.73 Å². The molecule has 130 valence electrons. The van der Waals surface area contributed by atoms with E-state index in [-0.39, 0.29) is 22.9 Å². The molecular formula is C16H15F3N6. The maximum absolute atomic E-state index is 13.4. The number of anilines is 3. The third-order valence-corrected chi connectivity index (χ3v) is 3.71. The molecule has 0 spiro atoms. The summed E-state index contributed by atoms with van der Waals surface area (Å²) in [6.45, 7) is 0. The highest BCUT2D eigenvalue weighted by molar-refractivity contribution is 5.90. The number of fused-ring (bicyclic) bond motifs is 1. The molecule has 1 aromatic carbocycles. The topological polar surface area (TPSA) is 88.8 Å². The molecule has 0 saturated heterocycles. The van der Waals surface area contributed by atoms with Gasteiger partial charge in [-0.1, -0.05) is 6.07 Å². The van der Waals surface area contributed by atoms with Crippen molar-refractivity contribution in [2.45, 2.75) is 6.18 Å². The zero-order chi connectivity index (χ0) is 18.2. The minimum Gasteiger partial charge on any atom is -0.388 e. The van der Waals surface area contributed by atoms with Crippen LogP contribution >= 0.6 is 0 Å². The Labute approximate surface area is 141 Å². The Balaban J connectivity index is 2.30. The van der Waals surface area contributed by atoms with Crippen LogP contribution in [-0.2, 0) is 6.18 Å². The van der Waals surface area contributed by atoms with Crippen molar-refractivity contribution in [1.29, 1.82) is 0 Å². The van der Waals surface area contributed by atoms with Crippen molar-refractivity contribution in [3.8, 4) is 11.3 Å². The second-order valence-electron chi connectivity index (χ2n) is 5.22. The van der Waals surface area contributed by atoms with Crippen LogP contribution in [0.15, 0.2) is 30.3 Å². The Kier molecular flexibility index (Phi) is 4.07. The van der Waals surface area contributed by atoms with Crippen molar-refractivity contribution in [1.82, 2.24) is 15.0 Å². The Morgan fingerprint density at radius 2 is 1.72 bits per heavy atom. The molecule has 0 aliphatic heterocycles. The zero-order valence-corrected chi connectivity index (χ0v) is 13.4. The number of nitrogen functional groups attached to an aromatic ring is 1. The molecule has 2 heterocycles. The van der Waals surface area contributed by atoms with Gasteiger partial charge in [-0.2, -0.15) is 23.1 Å². The van der Waals surface area contributed by atoms with Gasteiger partial charge in [-0.15, -0.1) is 0 Å². The van der Waals surface area contributed by atoms with E-state index in [1.807, 2.05) is 0 Å². The molecule has 0 radical (unpaired) electrons. The molecule has 0 saturated carbocycles. The summed E-state index contributed by atoms with van der Waals surface area (Å²) in [5.41, 5.74) is 5.51. The van der Waals surface area contributed by atoms with Gasteiger partial charge in [0, 0.05) is 25.3 Å². The van der Waals surface area contributed by atoms with E-state index in [1.165, 1.54) is 12.1 Å². The maximum atomic E-state index is 13.4. The first-order valence-electron chi connectivity index (χ1n) is 7.35. The first kappa shape index (κ1) is 16.7.